The molecule has 0 aromatic carbocycles. The van der Waals surface area contributed by atoms with Crippen molar-refractivity contribution in [2.75, 3.05) is 13.2 Å². The van der Waals surface area contributed by atoms with E-state index in [9.17, 15) is 4.79 Å². The molecule has 2 rings (SSSR count). The third-order valence-corrected chi connectivity index (χ3v) is 3.88. The molecule has 2 bridgehead atoms. The number of hydroxylamine groups is 2. The summed E-state index contributed by atoms with van der Waals surface area (Å²) in [7, 11) is 0. The number of rotatable bonds is 8. The van der Waals surface area contributed by atoms with Crippen molar-refractivity contribution in [1.29, 1.82) is 0 Å². The van der Waals surface area contributed by atoms with Gasteiger partial charge in [-0.25, -0.2) is 0 Å². The van der Waals surface area contributed by atoms with Crippen LogP contribution in [0.5, 0.6) is 0 Å². The standard InChI is InChI=1S/C14H22N4O3/c1-14(2)11-7-8-12(21-11)18(13(14)19)20-10-6-4-3-5-9-16-17-15/h7-8,11-12H,3-6,9-10H2,1-2H3. The minimum Gasteiger partial charge on any atom is -0.344 e. The molecule has 1 amide bonds. The molecule has 7 nitrogen and oxygen atoms in total. The van der Waals surface area contributed by atoms with Gasteiger partial charge in [0, 0.05) is 11.5 Å². The number of hydrogen-bond acceptors (Lipinski definition) is 4. The normalized spacial score (nSPS) is 26.0. The van der Waals surface area contributed by atoms with E-state index in [1.165, 1.54) is 5.06 Å². The summed E-state index contributed by atoms with van der Waals surface area (Å²) in [5.41, 5.74) is 7.57. The largest absolute Gasteiger partial charge is 0.344 e. The van der Waals surface area contributed by atoms with Crippen molar-refractivity contribution in [1.82, 2.24) is 5.06 Å². The first-order valence-corrected chi connectivity index (χ1v) is 7.38. The summed E-state index contributed by atoms with van der Waals surface area (Å²) in [6, 6.07) is 0. The minimum absolute atomic E-state index is 0.0305. The molecule has 0 saturated carbocycles. The van der Waals surface area contributed by atoms with Crippen molar-refractivity contribution >= 4 is 5.91 Å². The van der Waals surface area contributed by atoms with E-state index in [0.29, 0.717) is 13.2 Å². The van der Waals surface area contributed by atoms with Crippen molar-refractivity contribution in [3.05, 3.63) is 22.6 Å². The van der Waals surface area contributed by atoms with E-state index in [1.807, 2.05) is 26.0 Å². The lowest BCUT2D eigenvalue weighted by atomic mass is 9.85. The third-order valence-electron chi connectivity index (χ3n) is 3.88. The molecule has 2 atom stereocenters. The van der Waals surface area contributed by atoms with E-state index in [4.69, 9.17) is 15.1 Å². The molecule has 0 N–H and O–H groups in total. The van der Waals surface area contributed by atoms with Gasteiger partial charge >= 0.3 is 0 Å². The van der Waals surface area contributed by atoms with Crippen LogP contribution < -0.4 is 0 Å². The van der Waals surface area contributed by atoms with Crippen LogP contribution >= 0.6 is 0 Å². The van der Waals surface area contributed by atoms with Crippen molar-refractivity contribution in [3.63, 3.8) is 0 Å². The predicted octanol–water partition coefficient (Wildman–Crippen LogP) is 2.94. The van der Waals surface area contributed by atoms with Crippen molar-refractivity contribution in [3.8, 4) is 0 Å². The van der Waals surface area contributed by atoms with Gasteiger partial charge in [0.1, 0.15) is 0 Å². The van der Waals surface area contributed by atoms with E-state index in [0.717, 1.165) is 25.7 Å². The van der Waals surface area contributed by atoms with Gasteiger partial charge in [0.2, 0.25) is 0 Å². The first-order valence-electron chi connectivity index (χ1n) is 7.38. The molecular weight excluding hydrogens is 272 g/mol. The van der Waals surface area contributed by atoms with Crippen LogP contribution in [0, 0.1) is 5.41 Å². The van der Waals surface area contributed by atoms with E-state index in [1.54, 1.807) is 0 Å². The maximum atomic E-state index is 12.4. The quantitative estimate of drug-likeness (QED) is 0.227. The van der Waals surface area contributed by atoms with Gasteiger partial charge in [-0.05, 0) is 38.3 Å². The summed E-state index contributed by atoms with van der Waals surface area (Å²) in [6.45, 7) is 4.77. The molecule has 1 fully saturated rings. The third kappa shape index (κ3) is 3.56. The Kier molecular flexibility index (Phi) is 5.22. The van der Waals surface area contributed by atoms with E-state index in [-0.39, 0.29) is 18.2 Å². The second-order valence-electron chi connectivity index (χ2n) is 5.89. The number of amides is 1. The lowest BCUT2D eigenvalue weighted by Gasteiger charge is -2.41. The molecule has 0 radical (unpaired) electrons. The molecule has 1 saturated heterocycles. The summed E-state index contributed by atoms with van der Waals surface area (Å²) >= 11 is 0. The number of azide groups is 1. The molecule has 21 heavy (non-hydrogen) atoms. The van der Waals surface area contributed by atoms with Crippen molar-refractivity contribution < 1.29 is 14.4 Å². The highest BCUT2D eigenvalue weighted by atomic mass is 16.7. The lowest BCUT2D eigenvalue weighted by Crippen LogP contribution is -2.55. The van der Waals surface area contributed by atoms with Gasteiger partial charge in [-0.3, -0.25) is 9.63 Å². The Labute approximate surface area is 124 Å². The average molecular weight is 294 g/mol. The second kappa shape index (κ2) is 6.93. The van der Waals surface area contributed by atoms with Crippen LogP contribution in [0.4, 0.5) is 0 Å². The van der Waals surface area contributed by atoms with Gasteiger partial charge in [0.25, 0.3) is 5.91 Å². The predicted molar refractivity (Wildman–Crippen MR) is 76.9 cm³/mol. The van der Waals surface area contributed by atoms with Crippen molar-refractivity contribution in [2.24, 2.45) is 10.5 Å². The number of hydrogen-bond donors (Lipinski definition) is 0. The van der Waals surface area contributed by atoms with Crippen LogP contribution in [0.25, 0.3) is 10.4 Å². The number of carbonyl (C=O) groups is 1. The molecule has 0 spiro atoms. The van der Waals surface area contributed by atoms with E-state index < -0.39 is 5.41 Å². The molecule has 2 heterocycles. The van der Waals surface area contributed by atoms with E-state index >= 15 is 0 Å². The number of fused-ring (bicyclic) bond motifs is 2. The van der Waals surface area contributed by atoms with Crippen LogP contribution in [-0.2, 0) is 14.4 Å². The Bertz CT molecular complexity index is 457. The topological polar surface area (TPSA) is 87.5 Å². The Morgan fingerprint density at radius 1 is 1.38 bits per heavy atom. The van der Waals surface area contributed by atoms with Gasteiger partial charge in [-0.1, -0.05) is 24.0 Å². The highest BCUT2D eigenvalue weighted by Gasteiger charge is 2.50. The number of unbranched alkanes of at least 4 members (excludes halogenated alkanes) is 3. The number of carbonyl (C=O) groups excluding carboxylic acids is 1. The summed E-state index contributed by atoms with van der Waals surface area (Å²) in [5.74, 6) is -0.0305. The number of ether oxygens (including phenoxy) is 1. The fourth-order valence-electron chi connectivity index (χ4n) is 2.48. The molecule has 0 aromatic rings. The molecule has 2 aliphatic rings. The molecular formula is C14H22N4O3. The monoisotopic (exact) mass is 294 g/mol. The van der Waals surface area contributed by atoms with Crippen LogP contribution in [-0.4, -0.2) is 36.5 Å². The zero-order valence-corrected chi connectivity index (χ0v) is 12.6. The van der Waals surface area contributed by atoms with Crippen LogP contribution in [0.15, 0.2) is 17.3 Å². The summed E-state index contributed by atoms with van der Waals surface area (Å²) in [6.07, 6.45) is 6.98. The summed E-state index contributed by atoms with van der Waals surface area (Å²) in [4.78, 5) is 20.7. The van der Waals surface area contributed by atoms with Crippen molar-refractivity contribution in [2.45, 2.75) is 51.9 Å². The maximum Gasteiger partial charge on any atom is 0.257 e. The lowest BCUT2D eigenvalue weighted by molar-refractivity contribution is -0.269. The Morgan fingerprint density at radius 2 is 2.14 bits per heavy atom. The second-order valence-corrected chi connectivity index (χ2v) is 5.89. The molecule has 116 valence electrons. The highest BCUT2D eigenvalue weighted by molar-refractivity contribution is 5.83. The van der Waals surface area contributed by atoms with Crippen LogP contribution in [0.3, 0.4) is 0 Å². The first kappa shape index (κ1) is 15.8. The van der Waals surface area contributed by atoms with Crippen LogP contribution in [0.1, 0.15) is 39.5 Å². The fraction of sp³-hybridized carbons (Fsp3) is 0.786. The fourth-order valence-corrected chi connectivity index (χ4v) is 2.48. The first-order chi connectivity index (χ1) is 10.1. The molecule has 0 aromatic heterocycles. The molecule has 0 aliphatic carbocycles. The average Bonchev–Trinajstić information content (AvgIpc) is 2.92. The maximum absolute atomic E-state index is 12.4. The van der Waals surface area contributed by atoms with Gasteiger partial charge in [-0.2, -0.15) is 5.06 Å². The Hall–Kier alpha value is -1.56. The zero-order valence-electron chi connectivity index (χ0n) is 12.6. The van der Waals surface area contributed by atoms with Gasteiger partial charge in [-0.15, -0.1) is 0 Å². The van der Waals surface area contributed by atoms with Crippen LogP contribution in [0.2, 0.25) is 0 Å². The minimum atomic E-state index is -0.585. The zero-order chi connectivity index (χ0) is 15.3. The summed E-state index contributed by atoms with van der Waals surface area (Å²) < 4.78 is 5.74. The molecule has 2 unspecified atom stereocenters. The summed E-state index contributed by atoms with van der Waals surface area (Å²) in [5, 5.41) is 4.85. The van der Waals surface area contributed by atoms with Gasteiger partial charge in [0.05, 0.1) is 18.1 Å². The highest BCUT2D eigenvalue weighted by Crippen LogP contribution is 2.38. The SMILES string of the molecule is CC1(C)C(=O)N(OCCCCCCN=[N+]=[N-])C2C=CC1O2. The molecule has 7 heteroatoms. The molecule has 2 aliphatic heterocycles. The van der Waals surface area contributed by atoms with Gasteiger partial charge in [0.15, 0.2) is 6.23 Å². The Morgan fingerprint density at radius 3 is 2.90 bits per heavy atom. The number of nitrogens with zero attached hydrogens (tertiary/aromatic N) is 4. The smallest absolute Gasteiger partial charge is 0.257 e. The Balaban J connectivity index is 1.69. The van der Waals surface area contributed by atoms with Gasteiger partial charge < -0.3 is 4.74 Å². The van der Waals surface area contributed by atoms with E-state index in [2.05, 4.69) is 10.0 Å².